The van der Waals surface area contributed by atoms with E-state index in [1.54, 1.807) is 17.0 Å². The van der Waals surface area contributed by atoms with Gasteiger partial charge in [-0.25, -0.2) is 0 Å². The monoisotopic (exact) mass is 326 g/mol. The van der Waals surface area contributed by atoms with Crippen LogP contribution in [0.15, 0.2) is 47.1 Å². The molecule has 0 aliphatic carbocycles. The molecule has 1 fully saturated rings. The molecule has 1 N–H and O–H groups in total. The minimum Gasteiger partial charge on any atom is -0.459 e. The summed E-state index contributed by atoms with van der Waals surface area (Å²) in [4.78, 5) is 26.7. The number of furan rings is 1. The number of aryl methyl sites for hydroxylation is 1. The largest absolute Gasteiger partial charge is 0.459 e. The predicted molar refractivity (Wildman–Crippen MR) is 91.8 cm³/mol. The smallest absolute Gasteiger partial charge is 0.289 e. The van der Waals surface area contributed by atoms with Crippen LogP contribution in [0.3, 0.4) is 0 Å². The first-order valence-corrected chi connectivity index (χ1v) is 8.40. The second-order valence-electron chi connectivity index (χ2n) is 6.07. The number of piperidine rings is 1. The van der Waals surface area contributed by atoms with E-state index in [1.807, 2.05) is 24.3 Å². The van der Waals surface area contributed by atoms with Crippen LogP contribution in [0.5, 0.6) is 0 Å². The van der Waals surface area contributed by atoms with E-state index in [-0.39, 0.29) is 17.7 Å². The van der Waals surface area contributed by atoms with Crippen molar-refractivity contribution in [1.82, 2.24) is 4.90 Å². The van der Waals surface area contributed by atoms with Crippen molar-refractivity contribution in [3.63, 3.8) is 0 Å². The highest BCUT2D eigenvalue weighted by Crippen LogP contribution is 2.22. The summed E-state index contributed by atoms with van der Waals surface area (Å²) >= 11 is 0. The van der Waals surface area contributed by atoms with Crippen LogP contribution in [-0.4, -0.2) is 29.8 Å². The second kappa shape index (κ2) is 7.34. The lowest BCUT2D eigenvalue weighted by atomic mass is 9.96. The average molecular weight is 326 g/mol. The van der Waals surface area contributed by atoms with Gasteiger partial charge < -0.3 is 14.6 Å². The Morgan fingerprint density at radius 3 is 2.83 bits per heavy atom. The van der Waals surface area contributed by atoms with Crippen molar-refractivity contribution >= 4 is 17.5 Å². The zero-order valence-corrected chi connectivity index (χ0v) is 13.8. The van der Waals surface area contributed by atoms with Crippen LogP contribution in [0.1, 0.15) is 35.9 Å². The van der Waals surface area contributed by atoms with Crippen LogP contribution in [0.25, 0.3) is 0 Å². The molecule has 0 spiro atoms. The topological polar surface area (TPSA) is 62.6 Å². The maximum atomic E-state index is 12.6. The van der Waals surface area contributed by atoms with E-state index in [0.29, 0.717) is 18.8 Å². The van der Waals surface area contributed by atoms with Crippen molar-refractivity contribution in [3.8, 4) is 0 Å². The minimum absolute atomic E-state index is 0.0205. The highest BCUT2D eigenvalue weighted by Gasteiger charge is 2.30. The molecule has 2 amide bonds. The van der Waals surface area contributed by atoms with Crippen LogP contribution >= 0.6 is 0 Å². The first kappa shape index (κ1) is 16.3. The van der Waals surface area contributed by atoms with Crippen molar-refractivity contribution in [2.24, 2.45) is 5.92 Å². The molecule has 126 valence electrons. The molecule has 5 heteroatoms. The highest BCUT2D eigenvalue weighted by molar-refractivity contribution is 5.95. The molecule has 1 aliphatic heterocycles. The summed E-state index contributed by atoms with van der Waals surface area (Å²) in [6.45, 7) is 3.16. The third kappa shape index (κ3) is 3.50. The number of anilines is 1. The number of carbonyl (C=O) groups is 2. The first-order chi connectivity index (χ1) is 11.7. The van der Waals surface area contributed by atoms with Gasteiger partial charge in [0.1, 0.15) is 0 Å². The van der Waals surface area contributed by atoms with Crippen LogP contribution in [0, 0.1) is 5.92 Å². The number of nitrogens with one attached hydrogen (secondary N) is 1. The lowest BCUT2D eigenvalue weighted by molar-refractivity contribution is -0.121. The Balaban J connectivity index is 1.66. The summed E-state index contributed by atoms with van der Waals surface area (Å²) in [5.41, 5.74) is 1.98. The molecule has 24 heavy (non-hydrogen) atoms. The van der Waals surface area contributed by atoms with Gasteiger partial charge >= 0.3 is 0 Å². The van der Waals surface area contributed by atoms with Gasteiger partial charge in [0.2, 0.25) is 5.91 Å². The number of amides is 2. The van der Waals surface area contributed by atoms with Gasteiger partial charge in [0.05, 0.1) is 12.2 Å². The molecular weight excluding hydrogens is 304 g/mol. The Kier molecular flexibility index (Phi) is 4.99. The highest BCUT2D eigenvalue weighted by atomic mass is 16.3. The number of carbonyl (C=O) groups excluding carboxylic acids is 2. The molecule has 5 nitrogen and oxygen atoms in total. The number of benzene rings is 1. The molecule has 3 rings (SSSR count). The summed E-state index contributed by atoms with van der Waals surface area (Å²) in [5, 5.41) is 3.03. The third-order valence-electron chi connectivity index (χ3n) is 4.47. The van der Waals surface area contributed by atoms with Gasteiger partial charge in [-0.3, -0.25) is 9.59 Å². The quantitative estimate of drug-likeness (QED) is 0.937. The maximum Gasteiger partial charge on any atom is 0.289 e. The summed E-state index contributed by atoms with van der Waals surface area (Å²) in [5.74, 6) is -0.0331. The van der Waals surface area contributed by atoms with E-state index >= 15 is 0 Å². The van der Waals surface area contributed by atoms with Crippen LogP contribution < -0.4 is 5.32 Å². The van der Waals surface area contributed by atoms with Gasteiger partial charge in [-0.15, -0.1) is 0 Å². The van der Waals surface area contributed by atoms with Gasteiger partial charge in [0.15, 0.2) is 5.76 Å². The summed E-state index contributed by atoms with van der Waals surface area (Å²) in [6.07, 6.45) is 3.97. The second-order valence-corrected chi connectivity index (χ2v) is 6.07. The molecule has 0 unspecified atom stereocenters. The standard InChI is InChI=1S/C19H22N2O3/c1-2-14-7-3-4-9-16(14)20-18(22)15-8-5-11-21(13-15)19(23)17-10-6-12-24-17/h3-4,6-7,9-10,12,15H,2,5,8,11,13H2,1H3,(H,20,22)/t15-/m0/s1. The number of likely N-dealkylation sites (tertiary alicyclic amines) is 1. The molecule has 1 aromatic carbocycles. The zero-order valence-electron chi connectivity index (χ0n) is 13.8. The fraction of sp³-hybridized carbons (Fsp3) is 0.368. The van der Waals surface area contributed by atoms with E-state index in [9.17, 15) is 9.59 Å². The first-order valence-electron chi connectivity index (χ1n) is 8.40. The lowest BCUT2D eigenvalue weighted by Gasteiger charge is -2.31. The van der Waals surface area contributed by atoms with Crippen LogP contribution in [0.2, 0.25) is 0 Å². The molecule has 0 saturated carbocycles. The predicted octanol–water partition coefficient (Wildman–Crippen LogP) is 3.33. The van der Waals surface area contributed by atoms with Gasteiger partial charge in [-0.05, 0) is 43.0 Å². The number of rotatable bonds is 4. The van der Waals surface area contributed by atoms with E-state index in [1.165, 1.54) is 6.26 Å². The van der Waals surface area contributed by atoms with Crippen molar-refractivity contribution in [1.29, 1.82) is 0 Å². The van der Waals surface area contributed by atoms with Gasteiger partial charge in [0, 0.05) is 18.8 Å². The molecule has 2 aromatic rings. The average Bonchev–Trinajstić information content (AvgIpc) is 3.16. The number of hydrogen-bond acceptors (Lipinski definition) is 3. The van der Waals surface area contributed by atoms with Crippen molar-refractivity contribution in [2.75, 3.05) is 18.4 Å². The Bertz CT molecular complexity index is 709. The maximum absolute atomic E-state index is 12.6. The fourth-order valence-corrected chi connectivity index (χ4v) is 3.12. The fourth-order valence-electron chi connectivity index (χ4n) is 3.12. The van der Waals surface area contributed by atoms with Gasteiger partial charge in [-0.1, -0.05) is 25.1 Å². The van der Waals surface area contributed by atoms with Crippen molar-refractivity contribution in [3.05, 3.63) is 54.0 Å². The summed E-state index contributed by atoms with van der Waals surface area (Å²) < 4.78 is 5.18. The molecule has 1 aliphatic rings. The number of para-hydroxylation sites is 1. The molecule has 0 bridgehead atoms. The Hall–Kier alpha value is -2.56. The van der Waals surface area contributed by atoms with E-state index in [4.69, 9.17) is 4.42 Å². The summed E-state index contributed by atoms with van der Waals surface area (Å²) in [6, 6.07) is 11.2. The Morgan fingerprint density at radius 2 is 2.08 bits per heavy atom. The van der Waals surface area contributed by atoms with Crippen LogP contribution in [-0.2, 0) is 11.2 Å². The lowest BCUT2D eigenvalue weighted by Crippen LogP contribution is -2.43. The summed E-state index contributed by atoms with van der Waals surface area (Å²) in [7, 11) is 0. The molecule has 1 saturated heterocycles. The van der Waals surface area contributed by atoms with Crippen molar-refractivity contribution < 1.29 is 14.0 Å². The SMILES string of the molecule is CCc1ccccc1NC(=O)[C@H]1CCCN(C(=O)c2ccco2)C1. The Labute approximate surface area is 141 Å². The van der Waals surface area contributed by atoms with Gasteiger partial charge in [0.25, 0.3) is 5.91 Å². The van der Waals surface area contributed by atoms with Gasteiger partial charge in [-0.2, -0.15) is 0 Å². The zero-order chi connectivity index (χ0) is 16.9. The van der Waals surface area contributed by atoms with E-state index in [2.05, 4.69) is 12.2 Å². The van der Waals surface area contributed by atoms with Crippen molar-refractivity contribution in [2.45, 2.75) is 26.2 Å². The molecule has 2 heterocycles. The molecule has 1 atom stereocenters. The molecular formula is C19H22N2O3. The van der Waals surface area contributed by atoms with Crippen LogP contribution in [0.4, 0.5) is 5.69 Å². The van der Waals surface area contributed by atoms with E-state index < -0.39 is 0 Å². The number of hydrogen-bond donors (Lipinski definition) is 1. The van der Waals surface area contributed by atoms with E-state index in [0.717, 1.165) is 30.5 Å². The third-order valence-corrected chi connectivity index (χ3v) is 4.47. The Morgan fingerprint density at radius 1 is 1.25 bits per heavy atom. The molecule has 1 aromatic heterocycles. The number of nitrogens with zero attached hydrogens (tertiary/aromatic N) is 1. The normalized spacial score (nSPS) is 17.5. The minimum atomic E-state index is -0.192. The molecule has 0 radical (unpaired) electrons.